The number of hydrogen-bond acceptors (Lipinski definition) is 3. The topological polar surface area (TPSA) is 25.5 Å². The first-order valence-electron chi connectivity index (χ1n) is 9.00. The lowest BCUT2D eigenvalue weighted by molar-refractivity contribution is -0.0772. The highest BCUT2D eigenvalue weighted by atomic mass is 15.4. The molecule has 2 aromatic rings. The highest BCUT2D eigenvalue weighted by Gasteiger charge is 2.42. The maximum Gasteiger partial charge on any atom is 0.0759 e. The lowest BCUT2D eigenvalue weighted by Crippen LogP contribution is -2.64. The van der Waals surface area contributed by atoms with Gasteiger partial charge in [-0.2, -0.15) is 0 Å². The van der Waals surface area contributed by atoms with Crippen molar-refractivity contribution in [2.45, 2.75) is 32.0 Å². The molecular weight excluding hydrogens is 284 g/mol. The third-order valence-corrected chi connectivity index (χ3v) is 6.19. The summed E-state index contributed by atoms with van der Waals surface area (Å²) in [6.07, 6.45) is 3.05. The van der Waals surface area contributed by atoms with E-state index in [-0.39, 0.29) is 0 Å². The Morgan fingerprint density at radius 1 is 1.13 bits per heavy atom. The van der Waals surface area contributed by atoms with Crippen LogP contribution in [0.2, 0.25) is 0 Å². The summed E-state index contributed by atoms with van der Waals surface area (Å²) in [6.45, 7) is 8.27. The Bertz CT molecular complexity index is 749. The van der Waals surface area contributed by atoms with E-state index in [0.717, 1.165) is 0 Å². The van der Waals surface area contributed by atoms with Gasteiger partial charge in [0.2, 0.25) is 0 Å². The van der Waals surface area contributed by atoms with Gasteiger partial charge in [0.15, 0.2) is 0 Å². The molecule has 122 valence electrons. The molecule has 3 aliphatic rings. The summed E-state index contributed by atoms with van der Waals surface area (Å²) in [5.74, 6) is 0. The minimum absolute atomic E-state index is 0.583. The van der Waals surface area contributed by atoms with E-state index in [1.807, 2.05) is 0 Å². The number of likely N-dealkylation sites (N-methyl/N-ethyl adjacent to an activating group) is 1. The van der Waals surface area contributed by atoms with E-state index in [4.69, 9.17) is 0 Å². The zero-order chi connectivity index (χ0) is 15.6. The van der Waals surface area contributed by atoms with E-state index in [9.17, 15) is 0 Å². The number of hydrogen-bond donors (Lipinski definition) is 1. The normalized spacial score (nSPS) is 29.3. The number of fused-ring (bicyclic) bond motifs is 7. The Morgan fingerprint density at radius 2 is 2.04 bits per heavy atom. The lowest BCUT2D eigenvalue weighted by atomic mass is 9.91. The molecule has 4 heteroatoms. The number of benzene rings is 1. The smallest absolute Gasteiger partial charge is 0.0759 e. The van der Waals surface area contributed by atoms with Gasteiger partial charge in [-0.05, 0) is 44.5 Å². The van der Waals surface area contributed by atoms with E-state index in [0.29, 0.717) is 12.2 Å². The number of aryl methyl sites for hydroxylation is 1. The summed E-state index contributed by atoms with van der Waals surface area (Å²) >= 11 is 0. The molecule has 0 amide bonds. The van der Waals surface area contributed by atoms with Crippen LogP contribution >= 0.6 is 0 Å². The van der Waals surface area contributed by atoms with Crippen LogP contribution in [-0.4, -0.2) is 65.6 Å². The summed E-state index contributed by atoms with van der Waals surface area (Å²) < 4.78 is 0. The van der Waals surface area contributed by atoms with Gasteiger partial charge in [0.25, 0.3) is 0 Å². The van der Waals surface area contributed by atoms with Crippen LogP contribution in [0.3, 0.4) is 0 Å². The third kappa shape index (κ3) is 2.09. The Balaban J connectivity index is 1.56. The Labute approximate surface area is 138 Å². The molecule has 1 N–H and O–H groups in total. The number of H-pyrrole nitrogens is 1. The average Bonchev–Trinajstić information content (AvgIpc) is 2.92. The molecule has 2 saturated heterocycles. The summed E-state index contributed by atoms with van der Waals surface area (Å²) in [5, 5.41) is 1.46. The van der Waals surface area contributed by atoms with E-state index in [1.165, 1.54) is 67.7 Å². The van der Waals surface area contributed by atoms with E-state index in [1.54, 1.807) is 5.56 Å². The van der Waals surface area contributed by atoms with Crippen LogP contribution in [0.25, 0.3) is 10.9 Å². The number of rotatable bonds is 0. The summed E-state index contributed by atoms with van der Waals surface area (Å²) in [7, 11) is 2.27. The van der Waals surface area contributed by atoms with Crippen molar-refractivity contribution in [2.75, 3.05) is 39.8 Å². The van der Waals surface area contributed by atoms with Crippen molar-refractivity contribution in [1.82, 2.24) is 19.7 Å². The van der Waals surface area contributed by atoms with Crippen molar-refractivity contribution >= 4 is 10.9 Å². The summed E-state index contributed by atoms with van der Waals surface area (Å²) in [4.78, 5) is 11.7. The fourth-order valence-electron chi connectivity index (χ4n) is 4.96. The van der Waals surface area contributed by atoms with Crippen LogP contribution in [0, 0.1) is 6.92 Å². The predicted octanol–water partition coefficient (Wildman–Crippen LogP) is 2.35. The molecule has 4 heterocycles. The van der Waals surface area contributed by atoms with Gasteiger partial charge in [0, 0.05) is 49.3 Å². The highest BCUT2D eigenvalue weighted by molar-refractivity contribution is 5.85. The molecule has 0 radical (unpaired) electrons. The van der Waals surface area contributed by atoms with Gasteiger partial charge in [-0.1, -0.05) is 11.6 Å². The van der Waals surface area contributed by atoms with Gasteiger partial charge >= 0.3 is 0 Å². The molecule has 0 aliphatic carbocycles. The molecule has 1 aromatic carbocycles. The Kier molecular flexibility index (Phi) is 3.09. The number of nitrogens with zero attached hydrogens (tertiary/aromatic N) is 3. The number of piperazine rings is 1. The first-order valence-corrected chi connectivity index (χ1v) is 9.00. The highest BCUT2D eigenvalue weighted by Crippen LogP contribution is 2.40. The van der Waals surface area contributed by atoms with Crippen molar-refractivity contribution in [2.24, 2.45) is 0 Å². The van der Waals surface area contributed by atoms with Gasteiger partial charge in [-0.15, -0.1) is 0 Å². The van der Waals surface area contributed by atoms with Crippen LogP contribution in [0.1, 0.15) is 29.3 Å². The van der Waals surface area contributed by atoms with E-state index in [2.05, 4.69) is 51.9 Å². The molecule has 23 heavy (non-hydrogen) atoms. The third-order valence-electron chi connectivity index (χ3n) is 6.19. The molecule has 5 rings (SSSR count). The SMILES string of the molecule is Cc1ccc2[nH]c3c(c2c1)CCN1[C@@H]3CCN2CCN(C)C[C@H]21. The minimum Gasteiger partial charge on any atom is -0.357 e. The second kappa shape index (κ2) is 5.07. The van der Waals surface area contributed by atoms with Crippen molar-refractivity contribution < 1.29 is 0 Å². The lowest BCUT2D eigenvalue weighted by Gasteiger charge is -2.53. The van der Waals surface area contributed by atoms with Crippen LogP contribution in [0.5, 0.6) is 0 Å². The van der Waals surface area contributed by atoms with Crippen LogP contribution in [0.4, 0.5) is 0 Å². The van der Waals surface area contributed by atoms with Gasteiger partial charge in [0.1, 0.15) is 0 Å². The van der Waals surface area contributed by atoms with Crippen LogP contribution in [-0.2, 0) is 6.42 Å². The number of aromatic nitrogens is 1. The van der Waals surface area contributed by atoms with E-state index >= 15 is 0 Å². The first kappa shape index (κ1) is 14.0. The van der Waals surface area contributed by atoms with Gasteiger partial charge < -0.3 is 9.88 Å². The summed E-state index contributed by atoms with van der Waals surface area (Å²) in [5.41, 5.74) is 5.78. The van der Waals surface area contributed by atoms with Gasteiger partial charge in [-0.3, -0.25) is 9.80 Å². The fourth-order valence-corrected chi connectivity index (χ4v) is 4.96. The van der Waals surface area contributed by atoms with Crippen molar-refractivity contribution in [1.29, 1.82) is 0 Å². The second-order valence-electron chi connectivity index (χ2n) is 7.64. The van der Waals surface area contributed by atoms with E-state index < -0.39 is 0 Å². The van der Waals surface area contributed by atoms with Gasteiger partial charge in [0.05, 0.1) is 12.2 Å². The van der Waals surface area contributed by atoms with Gasteiger partial charge in [-0.25, -0.2) is 0 Å². The molecule has 1 aromatic heterocycles. The quantitative estimate of drug-likeness (QED) is 0.809. The predicted molar refractivity (Wildman–Crippen MR) is 93.7 cm³/mol. The molecule has 4 nitrogen and oxygen atoms in total. The maximum absolute atomic E-state index is 3.78. The minimum atomic E-state index is 0.583. The number of nitrogens with one attached hydrogen (secondary N) is 1. The molecular formula is C19H26N4. The molecule has 0 spiro atoms. The van der Waals surface area contributed by atoms with Crippen molar-refractivity contribution in [3.8, 4) is 0 Å². The summed E-state index contributed by atoms with van der Waals surface area (Å²) in [6, 6.07) is 7.43. The van der Waals surface area contributed by atoms with Crippen molar-refractivity contribution in [3.63, 3.8) is 0 Å². The molecule has 0 unspecified atom stereocenters. The maximum atomic E-state index is 3.78. The second-order valence-corrected chi connectivity index (χ2v) is 7.64. The average molecular weight is 310 g/mol. The first-order chi connectivity index (χ1) is 11.2. The molecule has 2 fully saturated rings. The molecule has 2 atom stereocenters. The zero-order valence-electron chi connectivity index (χ0n) is 14.2. The molecule has 0 saturated carbocycles. The van der Waals surface area contributed by atoms with Crippen LogP contribution in [0.15, 0.2) is 18.2 Å². The monoisotopic (exact) mass is 310 g/mol. The fraction of sp³-hybridized carbons (Fsp3) is 0.579. The largest absolute Gasteiger partial charge is 0.357 e. The standard InChI is InChI=1S/C19H26N4/c1-13-3-4-16-15(11-13)14-5-8-23-17(19(14)20-16)6-7-22-10-9-21(2)12-18(22)23/h3-4,11,17-18,20H,5-10,12H2,1-2H3/t17-,18-/m1/s1. The molecule has 3 aliphatic heterocycles. The Hall–Kier alpha value is -1.36. The molecule has 0 bridgehead atoms. The van der Waals surface area contributed by atoms with Crippen LogP contribution < -0.4 is 0 Å². The Morgan fingerprint density at radius 3 is 2.96 bits per heavy atom. The number of aromatic amines is 1. The zero-order valence-corrected chi connectivity index (χ0v) is 14.2. The van der Waals surface area contributed by atoms with Crippen molar-refractivity contribution in [3.05, 3.63) is 35.0 Å².